The van der Waals surface area contributed by atoms with E-state index in [0.717, 1.165) is 18.4 Å². The van der Waals surface area contributed by atoms with Crippen molar-refractivity contribution in [1.82, 2.24) is 4.90 Å². The van der Waals surface area contributed by atoms with E-state index in [9.17, 15) is 9.59 Å². The zero-order valence-electron chi connectivity index (χ0n) is 17.3. The van der Waals surface area contributed by atoms with E-state index in [4.69, 9.17) is 18.6 Å². The largest absolute Gasteiger partial charge is 0.493 e. The van der Waals surface area contributed by atoms with E-state index >= 15 is 0 Å². The summed E-state index contributed by atoms with van der Waals surface area (Å²) >= 11 is 0. The first kappa shape index (κ1) is 20.9. The minimum atomic E-state index is -0.613. The van der Waals surface area contributed by atoms with Gasteiger partial charge in [-0.15, -0.1) is 0 Å². The van der Waals surface area contributed by atoms with Gasteiger partial charge in [0.2, 0.25) is 0 Å². The Morgan fingerprint density at radius 2 is 1.97 bits per heavy atom. The van der Waals surface area contributed by atoms with E-state index in [2.05, 4.69) is 0 Å². The lowest BCUT2D eigenvalue weighted by Gasteiger charge is -2.19. The average molecular weight is 401 g/mol. The lowest BCUT2D eigenvalue weighted by Crippen LogP contribution is -2.33. The summed E-state index contributed by atoms with van der Waals surface area (Å²) in [6, 6.07) is 7.38. The highest BCUT2D eigenvalue weighted by Gasteiger charge is 2.25. The number of ether oxygens (including phenoxy) is 3. The summed E-state index contributed by atoms with van der Waals surface area (Å²) in [6.07, 6.45) is 2.17. The van der Waals surface area contributed by atoms with Crippen LogP contribution in [-0.2, 0) is 11.2 Å². The van der Waals surface area contributed by atoms with Crippen molar-refractivity contribution in [1.29, 1.82) is 0 Å². The normalized spacial score (nSPS) is 15.9. The molecular weight excluding hydrogens is 374 g/mol. The molecule has 1 aromatic heterocycles. The fourth-order valence-electron chi connectivity index (χ4n) is 3.48. The Morgan fingerprint density at radius 3 is 2.59 bits per heavy atom. The van der Waals surface area contributed by atoms with Gasteiger partial charge in [0.05, 0.1) is 14.2 Å². The van der Waals surface area contributed by atoms with E-state index in [-0.39, 0.29) is 17.6 Å². The number of rotatable bonds is 7. The number of likely N-dealkylation sites (N-methyl/N-ethyl adjacent to an activating group) is 1. The van der Waals surface area contributed by atoms with Gasteiger partial charge in [0, 0.05) is 20.2 Å². The molecule has 0 saturated carbocycles. The number of benzene rings is 1. The van der Waals surface area contributed by atoms with Crippen molar-refractivity contribution in [2.24, 2.45) is 0 Å². The minimum absolute atomic E-state index is 0.0709. The van der Waals surface area contributed by atoms with Crippen LogP contribution in [0.15, 0.2) is 33.5 Å². The van der Waals surface area contributed by atoms with Gasteiger partial charge in [0.15, 0.2) is 11.5 Å². The SMILES string of the molecule is COc1ccc(CCN(C)C(=O)c2c(C)cc(C3CCCO3)oc2=O)cc1OC. The molecular formula is C22H27NO6. The van der Waals surface area contributed by atoms with Gasteiger partial charge < -0.3 is 23.5 Å². The summed E-state index contributed by atoms with van der Waals surface area (Å²) in [5.41, 5.74) is 1.06. The maximum Gasteiger partial charge on any atom is 0.349 e. The second-order valence-corrected chi connectivity index (χ2v) is 7.16. The average Bonchev–Trinajstić information content (AvgIpc) is 3.26. The van der Waals surface area contributed by atoms with Crippen molar-refractivity contribution >= 4 is 5.91 Å². The zero-order chi connectivity index (χ0) is 21.0. The summed E-state index contributed by atoms with van der Waals surface area (Å²) in [5.74, 6) is 1.44. The molecule has 1 amide bonds. The molecule has 7 heteroatoms. The van der Waals surface area contributed by atoms with E-state index in [1.54, 1.807) is 34.3 Å². The third-order valence-corrected chi connectivity index (χ3v) is 5.16. The van der Waals surface area contributed by atoms with Gasteiger partial charge in [-0.25, -0.2) is 4.79 Å². The Labute approximate surface area is 170 Å². The highest BCUT2D eigenvalue weighted by molar-refractivity contribution is 5.95. The molecule has 1 aromatic carbocycles. The molecule has 1 unspecified atom stereocenters. The molecule has 156 valence electrons. The molecule has 2 heterocycles. The number of carbonyl (C=O) groups is 1. The predicted octanol–water partition coefficient (Wildman–Crippen LogP) is 3.13. The van der Waals surface area contributed by atoms with Crippen LogP contribution in [0.4, 0.5) is 0 Å². The molecule has 0 bridgehead atoms. The molecule has 0 radical (unpaired) electrons. The van der Waals surface area contributed by atoms with Crippen LogP contribution in [0.2, 0.25) is 0 Å². The standard InChI is InChI=1S/C22H27NO6/c1-14-12-19(17-6-5-11-28-17)29-22(25)20(14)21(24)23(2)10-9-15-7-8-16(26-3)18(13-15)27-4/h7-8,12-13,17H,5-6,9-11H2,1-4H3. The van der Waals surface area contributed by atoms with Crippen molar-refractivity contribution in [3.63, 3.8) is 0 Å². The van der Waals surface area contributed by atoms with E-state index in [1.807, 2.05) is 18.2 Å². The van der Waals surface area contributed by atoms with Crippen LogP contribution in [0.5, 0.6) is 11.5 Å². The quantitative estimate of drug-likeness (QED) is 0.709. The Bertz CT molecular complexity index is 929. The molecule has 29 heavy (non-hydrogen) atoms. The van der Waals surface area contributed by atoms with Gasteiger partial charge in [-0.1, -0.05) is 6.07 Å². The first-order chi connectivity index (χ1) is 13.9. The van der Waals surface area contributed by atoms with Crippen molar-refractivity contribution in [3.8, 4) is 11.5 Å². The Hall–Kier alpha value is -2.80. The highest BCUT2D eigenvalue weighted by atomic mass is 16.5. The number of nitrogens with zero attached hydrogens (tertiary/aromatic N) is 1. The van der Waals surface area contributed by atoms with Crippen molar-refractivity contribution < 1.29 is 23.4 Å². The van der Waals surface area contributed by atoms with Crippen LogP contribution in [0.3, 0.4) is 0 Å². The van der Waals surface area contributed by atoms with Gasteiger partial charge >= 0.3 is 5.63 Å². The lowest BCUT2D eigenvalue weighted by molar-refractivity contribution is 0.0778. The topological polar surface area (TPSA) is 78.2 Å². The first-order valence-corrected chi connectivity index (χ1v) is 9.67. The monoisotopic (exact) mass is 401 g/mol. The highest BCUT2D eigenvalue weighted by Crippen LogP contribution is 2.29. The number of hydrogen-bond donors (Lipinski definition) is 0. The molecule has 1 fully saturated rings. The Balaban J connectivity index is 1.71. The number of hydrogen-bond acceptors (Lipinski definition) is 6. The van der Waals surface area contributed by atoms with Crippen LogP contribution >= 0.6 is 0 Å². The molecule has 0 aliphatic carbocycles. The molecule has 1 aliphatic rings. The second-order valence-electron chi connectivity index (χ2n) is 7.16. The zero-order valence-corrected chi connectivity index (χ0v) is 17.3. The smallest absolute Gasteiger partial charge is 0.349 e. The van der Waals surface area contributed by atoms with Crippen LogP contribution in [0, 0.1) is 6.92 Å². The molecule has 1 aliphatic heterocycles. The van der Waals surface area contributed by atoms with E-state index < -0.39 is 5.63 Å². The molecule has 7 nitrogen and oxygen atoms in total. The number of carbonyl (C=O) groups excluding carboxylic acids is 1. The fraction of sp³-hybridized carbons (Fsp3) is 0.455. The molecule has 2 aromatic rings. The summed E-state index contributed by atoms with van der Waals surface area (Å²) < 4.78 is 21.5. The van der Waals surface area contributed by atoms with Gasteiger partial charge in [0.25, 0.3) is 5.91 Å². The van der Waals surface area contributed by atoms with Crippen LogP contribution in [0.25, 0.3) is 0 Å². The first-order valence-electron chi connectivity index (χ1n) is 9.67. The van der Waals surface area contributed by atoms with Crippen molar-refractivity contribution in [2.45, 2.75) is 32.3 Å². The second kappa shape index (κ2) is 9.13. The third kappa shape index (κ3) is 4.62. The molecule has 0 N–H and O–H groups in total. The summed E-state index contributed by atoms with van der Waals surface area (Å²) in [5, 5.41) is 0. The van der Waals surface area contributed by atoms with Crippen LogP contribution < -0.4 is 15.1 Å². The van der Waals surface area contributed by atoms with Gasteiger partial charge in [0.1, 0.15) is 17.4 Å². The minimum Gasteiger partial charge on any atom is -0.493 e. The molecule has 1 atom stereocenters. The molecule has 1 saturated heterocycles. The Morgan fingerprint density at radius 1 is 1.21 bits per heavy atom. The maximum atomic E-state index is 12.9. The molecule has 3 rings (SSSR count). The number of methoxy groups -OCH3 is 2. The predicted molar refractivity (Wildman–Crippen MR) is 108 cm³/mol. The lowest BCUT2D eigenvalue weighted by atomic mass is 10.1. The fourth-order valence-corrected chi connectivity index (χ4v) is 3.48. The summed E-state index contributed by atoms with van der Waals surface area (Å²) in [7, 11) is 4.84. The number of aryl methyl sites for hydroxylation is 1. The number of amides is 1. The molecule has 0 spiro atoms. The Kier molecular flexibility index (Phi) is 6.59. The maximum absolute atomic E-state index is 12.9. The van der Waals surface area contributed by atoms with Gasteiger partial charge in [-0.05, 0) is 55.5 Å². The van der Waals surface area contributed by atoms with Crippen molar-refractivity contribution in [3.05, 3.63) is 57.1 Å². The van der Waals surface area contributed by atoms with Crippen LogP contribution in [-0.4, -0.2) is 45.2 Å². The van der Waals surface area contributed by atoms with Gasteiger partial charge in [-0.2, -0.15) is 0 Å². The van der Waals surface area contributed by atoms with Crippen LogP contribution in [0.1, 0.15) is 46.2 Å². The summed E-state index contributed by atoms with van der Waals surface area (Å²) in [6.45, 7) is 2.86. The van der Waals surface area contributed by atoms with Crippen molar-refractivity contribution in [2.75, 3.05) is 34.4 Å². The van der Waals surface area contributed by atoms with Gasteiger partial charge in [-0.3, -0.25) is 4.79 Å². The third-order valence-electron chi connectivity index (χ3n) is 5.16. The summed E-state index contributed by atoms with van der Waals surface area (Å²) in [4.78, 5) is 26.9. The van der Waals surface area contributed by atoms with E-state index in [1.165, 1.54) is 4.90 Å². The van der Waals surface area contributed by atoms with E-state index in [0.29, 0.717) is 42.4 Å².